The van der Waals surface area contributed by atoms with Crippen LogP contribution in [-0.4, -0.2) is 16.1 Å². The predicted molar refractivity (Wildman–Crippen MR) is 84.0 cm³/mol. The summed E-state index contributed by atoms with van der Waals surface area (Å²) in [6.07, 6.45) is 1.61. The van der Waals surface area contributed by atoms with Crippen LogP contribution in [0.25, 0.3) is 0 Å². The number of benzene rings is 1. The van der Waals surface area contributed by atoms with Crippen molar-refractivity contribution in [2.75, 3.05) is 5.32 Å². The van der Waals surface area contributed by atoms with Crippen molar-refractivity contribution in [3.8, 4) is 5.88 Å². The molecule has 0 bridgehead atoms. The summed E-state index contributed by atoms with van der Waals surface area (Å²) in [4.78, 5) is 8.31. The Morgan fingerprint density at radius 3 is 2.45 bits per heavy atom. The second-order valence-corrected chi connectivity index (χ2v) is 5.74. The van der Waals surface area contributed by atoms with Gasteiger partial charge in [-0.25, -0.2) is 9.97 Å². The minimum atomic E-state index is 0.0987. The van der Waals surface area contributed by atoms with Crippen molar-refractivity contribution in [1.29, 1.82) is 0 Å². The molecule has 4 nitrogen and oxygen atoms in total. The molecule has 1 unspecified atom stereocenters. The number of aromatic nitrogens is 2. The largest absolute Gasteiger partial charge is 0.475 e. The summed E-state index contributed by atoms with van der Waals surface area (Å²) in [6.45, 7) is 6.04. The molecule has 0 aliphatic heterocycles. The average Bonchev–Trinajstić information content (AvgIpc) is 2.39. The second-order valence-electron chi connectivity index (χ2n) is 4.83. The van der Waals surface area contributed by atoms with Crippen LogP contribution < -0.4 is 10.1 Å². The number of hydrogen-bond donors (Lipinski definition) is 1. The summed E-state index contributed by atoms with van der Waals surface area (Å²) in [5.41, 5.74) is 1.19. The minimum absolute atomic E-state index is 0.0987. The highest BCUT2D eigenvalue weighted by molar-refractivity contribution is 9.10. The monoisotopic (exact) mass is 335 g/mol. The molecule has 0 saturated carbocycles. The van der Waals surface area contributed by atoms with Crippen LogP contribution in [0.2, 0.25) is 0 Å². The lowest BCUT2D eigenvalue weighted by Gasteiger charge is -2.16. The maximum atomic E-state index is 5.56. The Morgan fingerprint density at radius 1 is 1.10 bits per heavy atom. The molecular weight excluding hydrogens is 318 g/mol. The van der Waals surface area contributed by atoms with E-state index in [1.807, 2.05) is 32.0 Å². The molecule has 0 fully saturated rings. The van der Waals surface area contributed by atoms with E-state index in [0.717, 1.165) is 10.3 Å². The zero-order chi connectivity index (χ0) is 14.5. The molecule has 2 rings (SSSR count). The molecule has 0 aliphatic rings. The summed E-state index contributed by atoms with van der Waals surface area (Å²) in [5, 5.41) is 3.34. The third-order valence-corrected chi connectivity index (χ3v) is 3.26. The molecule has 0 radical (unpaired) electrons. The number of anilines is 1. The van der Waals surface area contributed by atoms with Crippen LogP contribution in [-0.2, 0) is 0 Å². The quantitative estimate of drug-likeness (QED) is 0.889. The zero-order valence-corrected chi connectivity index (χ0v) is 13.4. The normalized spacial score (nSPS) is 12.2. The summed E-state index contributed by atoms with van der Waals surface area (Å²) in [7, 11) is 0. The highest BCUT2D eigenvalue weighted by Crippen LogP contribution is 2.21. The highest BCUT2D eigenvalue weighted by Gasteiger charge is 2.07. The smallest absolute Gasteiger partial charge is 0.218 e. The Hall–Kier alpha value is -1.62. The van der Waals surface area contributed by atoms with Crippen molar-refractivity contribution in [1.82, 2.24) is 9.97 Å². The first-order chi connectivity index (χ1) is 9.54. The number of ether oxygens (including phenoxy) is 1. The zero-order valence-electron chi connectivity index (χ0n) is 11.8. The lowest BCUT2D eigenvalue weighted by atomic mass is 10.1. The highest BCUT2D eigenvalue weighted by atomic mass is 79.9. The van der Waals surface area contributed by atoms with Gasteiger partial charge in [0.1, 0.15) is 12.1 Å². The van der Waals surface area contributed by atoms with Gasteiger partial charge in [0.15, 0.2) is 0 Å². The van der Waals surface area contributed by atoms with E-state index in [1.54, 1.807) is 0 Å². The Labute approximate surface area is 127 Å². The fourth-order valence-electron chi connectivity index (χ4n) is 1.78. The van der Waals surface area contributed by atoms with E-state index in [0.29, 0.717) is 5.88 Å². The molecule has 0 spiro atoms. The van der Waals surface area contributed by atoms with Crippen LogP contribution in [0.4, 0.5) is 5.82 Å². The van der Waals surface area contributed by atoms with E-state index in [1.165, 1.54) is 11.9 Å². The molecule has 106 valence electrons. The van der Waals surface area contributed by atoms with Gasteiger partial charge >= 0.3 is 0 Å². The van der Waals surface area contributed by atoms with Crippen molar-refractivity contribution in [2.24, 2.45) is 0 Å². The van der Waals surface area contributed by atoms with Crippen LogP contribution >= 0.6 is 15.9 Å². The number of rotatable bonds is 5. The van der Waals surface area contributed by atoms with Crippen LogP contribution in [0.15, 0.2) is 41.1 Å². The van der Waals surface area contributed by atoms with Gasteiger partial charge in [-0.3, -0.25) is 0 Å². The van der Waals surface area contributed by atoms with Crippen molar-refractivity contribution in [3.05, 3.63) is 46.7 Å². The molecular formula is C15H18BrN3O. The fraction of sp³-hybridized carbons (Fsp3) is 0.333. The molecule has 2 aromatic rings. The van der Waals surface area contributed by atoms with E-state index in [-0.39, 0.29) is 12.1 Å². The number of halogens is 1. The first kappa shape index (κ1) is 14.8. The SMILES string of the molecule is CC(C)Oc1cc(NC(C)c2ccc(Br)cc2)ncn1. The van der Waals surface area contributed by atoms with Gasteiger partial charge in [-0.1, -0.05) is 28.1 Å². The number of nitrogens with zero attached hydrogens (tertiary/aromatic N) is 2. The summed E-state index contributed by atoms with van der Waals surface area (Å²) >= 11 is 3.44. The Balaban J connectivity index is 2.07. The number of hydrogen-bond acceptors (Lipinski definition) is 4. The first-order valence-corrected chi connectivity index (χ1v) is 7.34. The molecule has 1 heterocycles. The van der Waals surface area contributed by atoms with Gasteiger partial charge in [0.05, 0.1) is 6.10 Å². The van der Waals surface area contributed by atoms with Crippen LogP contribution in [0, 0.1) is 0 Å². The van der Waals surface area contributed by atoms with E-state index < -0.39 is 0 Å². The predicted octanol–water partition coefficient (Wildman–Crippen LogP) is 4.20. The van der Waals surface area contributed by atoms with Gasteiger partial charge < -0.3 is 10.1 Å². The van der Waals surface area contributed by atoms with Gasteiger partial charge in [-0.05, 0) is 38.5 Å². The number of nitrogens with one attached hydrogen (secondary N) is 1. The van der Waals surface area contributed by atoms with E-state index in [2.05, 4.69) is 50.3 Å². The molecule has 5 heteroatoms. The Morgan fingerprint density at radius 2 is 1.80 bits per heavy atom. The van der Waals surface area contributed by atoms with E-state index in [4.69, 9.17) is 4.74 Å². The van der Waals surface area contributed by atoms with Crippen molar-refractivity contribution in [3.63, 3.8) is 0 Å². The van der Waals surface area contributed by atoms with Crippen molar-refractivity contribution >= 4 is 21.7 Å². The molecule has 1 aromatic carbocycles. The lowest BCUT2D eigenvalue weighted by Crippen LogP contribution is -2.10. The molecule has 1 atom stereocenters. The van der Waals surface area contributed by atoms with Crippen molar-refractivity contribution in [2.45, 2.75) is 32.9 Å². The second kappa shape index (κ2) is 6.70. The van der Waals surface area contributed by atoms with Crippen molar-refractivity contribution < 1.29 is 4.74 Å². The third kappa shape index (κ3) is 4.20. The molecule has 20 heavy (non-hydrogen) atoms. The van der Waals surface area contributed by atoms with Crippen LogP contribution in [0.1, 0.15) is 32.4 Å². The standard InChI is InChI=1S/C15H18BrN3O/c1-10(2)20-15-8-14(17-9-18-15)19-11(3)12-4-6-13(16)7-5-12/h4-11H,1-3H3,(H,17,18,19). The van der Waals surface area contributed by atoms with E-state index >= 15 is 0 Å². The maximum Gasteiger partial charge on any atom is 0.218 e. The van der Waals surface area contributed by atoms with Gasteiger partial charge in [-0.15, -0.1) is 0 Å². The topological polar surface area (TPSA) is 47.0 Å². The minimum Gasteiger partial charge on any atom is -0.475 e. The van der Waals surface area contributed by atoms with Gasteiger partial charge in [0.2, 0.25) is 5.88 Å². The third-order valence-electron chi connectivity index (χ3n) is 2.73. The average molecular weight is 336 g/mol. The molecule has 1 aromatic heterocycles. The first-order valence-electron chi connectivity index (χ1n) is 6.55. The molecule has 0 saturated heterocycles. The van der Waals surface area contributed by atoms with Crippen LogP contribution in [0.5, 0.6) is 5.88 Å². The molecule has 1 N–H and O–H groups in total. The van der Waals surface area contributed by atoms with Gasteiger partial charge in [0.25, 0.3) is 0 Å². The Bertz CT molecular complexity index is 557. The maximum absolute atomic E-state index is 5.56. The molecule has 0 amide bonds. The van der Waals surface area contributed by atoms with E-state index in [9.17, 15) is 0 Å². The van der Waals surface area contributed by atoms with Gasteiger partial charge in [0, 0.05) is 16.6 Å². The summed E-state index contributed by atoms with van der Waals surface area (Å²) in [6, 6.07) is 10.2. The fourth-order valence-corrected chi connectivity index (χ4v) is 2.05. The lowest BCUT2D eigenvalue weighted by molar-refractivity contribution is 0.232. The summed E-state index contributed by atoms with van der Waals surface area (Å²) in [5.74, 6) is 1.34. The van der Waals surface area contributed by atoms with Gasteiger partial charge in [-0.2, -0.15) is 0 Å². The molecule has 0 aliphatic carbocycles. The Kier molecular flexibility index (Phi) is 4.95. The van der Waals surface area contributed by atoms with Crippen LogP contribution in [0.3, 0.4) is 0 Å². The summed E-state index contributed by atoms with van der Waals surface area (Å²) < 4.78 is 6.63.